The summed E-state index contributed by atoms with van der Waals surface area (Å²) in [5.74, 6) is 1.72. The van der Waals surface area contributed by atoms with Crippen molar-refractivity contribution in [3.05, 3.63) is 47.3 Å². The van der Waals surface area contributed by atoms with E-state index in [4.69, 9.17) is 4.74 Å². The number of hydrogen-bond acceptors (Lipinski definition) is 1. The Balaban J connectivity index is 2.04. The van der Waals surface area contributed by atoms with Crippen LogP contribution in [0.25, 0.3) is 0 Å². The zero-order valence-corrected chi connectivity index (χ0v) is 8.36. The molecule has 0 fully saturated rings. The van der Waals surface area contributed by atoms with E-state index in [2.05, 4.69) is 37.3 Å². The topological polar surface area (TPSA) is 9.23 Å². The standard InChI is InChI=1S/C13H14O/c1-9-5-4-7-11-10-6-2-3-8-12(10)14-13(9)11/h2,4-7,9,13H,3,8H2,1H3. The first kappa shape index (κ1) is 8.10. The Morgan fingerprint density at radius 2 is 2.36 bits per heavy atom. The van der Waals surface area contributed by atoms with E-state index >= 15 is 0 Å². The van der Waals surface area contributed by atoms with Crippen molar-refractivity contribution in [2.24, 2.45) is 5.92 Å². The molecule has 1 heterocycles. The maximum Gasteiger partial charge on any atom is 0.130 e. The fourth-order valence-electron chi connectivity index (χ4n) is 2.40. The van der Waals surface area contributed by atoms with Crippen molar-refractivity contribution < 1.29 is 4.74 Å². The third-order valence-corrected chi connectivity index (χ3v) is 3.18. The smallest absolute Gasteiger partial charge is 0.130 e. The maximum atomic E-state index is 5.99. The number of fused-ring (bicyclic) bond motifs is 2. The number of ether oxygens (including phenoxy) is 1. The first-order valence-electron chi connectivity index (χ1n) is 5.31. The van der Waals surface area contributed by atoms with Gasteiger partial charge in [-0.1, -0.05) is 37.3 Å². The largest absolute Gasteiger partial charge is 0.489 e. The lowest BCUT2D eigenvalue weighted by atomic mass is 9.88. The molecule has 0 aromatic rings. The molecule has 0 bridgehead atoms. The van der Waals surface area contributed by atoms with Gasteiger partial charge in [-0.15, -0.1) is 0 Å². The molecule has 0 aromatic carbocycles. The average Bonchev–Trinajstić information content (AvgIpc) is 2.59. The van der Waals surface area contributed by atoms with E-state index in [-0.39, 0.29) is 6.10 Å². The lowest BCUT2D eigenvalue weighted by Crippen LogP contribution is -2.19. The molecule has 0 radical (unpaired) electrons. The lowest BCUT2D eigenvalue weighted by Gasteiger charge is -2.21. The number of rotatable bonds is 0. The fourth-order valence-corrected chi connectivity index (χ4v) is 2.40. The highest BCUT2D eigenvalue weighted by molar-refractivity contribution is 5.52. The zero-order valence-electron chi connectivity index (χ0n) is 8.36. The molecule has 72 valence electrons. The highest BCUT2D eigenvalue weighted by Gasteiger charge is 2.34. The van der Waals surface area contributed by atoms with Gasteiger partial charge in [0.05, 0.1) is 0 Å². The molecular formula is C13H14O. The minimum Gasteiger partial charge on any atom is -0.489 e. The van der Waals surface area contributed by atoms with Gasteiger partial charge < -0.3 is 4.74 Å². The van der Waals surface area contributed by atoms with Crippen LogP contribution in [0.1, 0.15) is 19.8 Å². The van der Waals surface area contributed by atoms with Crippen molar-refractivity contribution in [3.8, 4) is 0 Å². The van der Waals surface area contributed by atoms with Gasteiger partial charge in [0.25, 0.3) is 0 Å². The van der Waals surface area contributed by atoms with Crippen LogP contribution in [0.3, 0.4) is 0 Å². The highest BCUT2D eigenvalue weighted by Crippen LogP contribution is 2.41. The Morgan fingerprint density at radius 3 is 3.29 bits per heavy atom. The molecule has 0 saturated carbocycles. The highest BCUT2D eigenvalue weighted by atomic mass is 16.5. The van der Waals surface area contributed by atoms with E-state index in [0.717, 1.165) is 12.8 Å². The van der Waals surface area contributed by atoms with Crippen LogP contribution >= 0.6 is 0 Å². The van der Waals surface area contributed by atoms with Crippen molar-refractivity contribution in [3.63, 3.8) is 0 Å². The van der Waals surface area contributed by atoms with Crippen molar-refractivity contribution in [2.45, 2.75) is 25.9 Å². The van der Waals surface area contributed by atoms with Crippen LogP contribution in [0.15, 0.2) is 47.3 Å². The second-order valence-electron chi connectivity index (χ2n) is 4.18. The molecule has 0 aromatic heterocycles. The monoisotopic (exact) mass is 186 g/mol. The van der Waals surface area contributed by atoms with Gasteiger partial charge in [0.2, 0.25) is 0 Å². The van der Waals surface area contributed by atoms with E-state index in [0.29, 0.717) is 5.92 Å². The molecule has 0 spiro atoms. The van der Waals surface area contributed by atoms with Crippen LogP contribution in [0.4, 0.5) is 0 Å². The van der Waals surface area contributed by atoms with Crippen LogP contribution in [-0.4, -0.2) is 6.10 Å². The van der Waals surface area contributed by atoms with Gasteiger partial charge >= 0.3 is 0 Å². The van der Waals surface area contributed by atoms with Gasteiger partial charge in [0.15, 0.2) is 0 Å². The Morgan fingerprint density at radius 1 is 1.43 bits per heavy atom. The molecule has 1 aliphatic heterocycles. The number of allylic oxidation sites excluding steroid dienone is 5. The molecule has 2 aliphatic carbocycles. The average molecular weight is 186 g/mol. The van der Waals surface area contributed by atoms with Gasteiger partial charge in [-0.25, -0.2) is 0 Å². The molecule has 1 nitrogen and oxygen atoms in total. The molecule has 0 saturated heterocycles. The van der Waals surface area contributed by atoms with E-state index in [1.54, 1.807) is 0 Å². The molecule has 2 unspecified atom stereocenters. The number of hydrogen-bond donors (Lipinski definition) is 0. The predicted octanol–water partition coefficient (Wildman–Crippen LogP) is 3.12. The van der Waals surface area contributed by atoms with Gasteiger partial charge in [0, 0.05) is 23.5 Å². The predicted molar refractivity (Wildman–Crippen MR) is 56.7 cm³/mol. The quantitative estimate of drug-likeness (QED) is 0.564. The van der Waals surface area contributed by atoms with Gasteiger partial charge in [-0.05, 0) is 6.42 Å². The normalized spacial score (nSPS) is 33.6. The molecule has 14 heavy (non-hydrogen) atoms. The Kier molecular flexibility index (Phi) is 1.66. The summed E-state index contributed by atoms with van der Waals surface area (Å²) in [6.45, 7) is 2.22. The van der Waals surface area contributed by atoms with Crippen LogP contribution in [0.5, 0.6) is 0 Å². The van der Waals surface area contributed by atoms with Gasteiger partial charge in [0.1, 0.15) is 11.9 Å². The van der Waals surface area contributed by atoms with E-state index in [9.17, 15) is 0 Å². The molecule has 0 N–H and O–H groups in total. The Bertz CT molecular complexity index is 382. The van der Waals surface area contributed by atoms with E-state index in [1.165, 1.54) is 16.9 Å². The molecule has 1 heteroatoms. The van der Waals surface area contributed by atoms with E-state index in [1.807, 2.05) is 0 Å². The van der Waals surface area contributed by atoms with Gasteiger partial charge in [-0.3, -0.25) is 0 Å². The van der Waals surface area contributed by atoms with Crippen molar-refractivity contribution in [2.75, 3.05) is 0 Å². The minimum atomic E-state index is 0.285. The van der Waals surface area contributed by atoms with Crippen LogP contribution in [0.2, 0.25) is 0 Å². The molecule has 0 amide bonds. The summed E-state index contributed by atoms with van der Waals surface area (Å²) in [6.07, 6.45) is 13.5. The van der Waals surface area contributed by atoms with Crippen molar-refractivity contribution in [1.82, 2.24) is 0 Å². The summed E-state index contributed by atoms with van der Waals surface area (Å²) in [5.41, 5.74) is 2.73. The Labute approximate surface area is 84.5 Å². The summed E-state index contributed by atoms with van der Waals surface area (Å²) in [4.78, 5) is 0. The van der Waals surface area contributed by atoms with Gasteiger partial charge in [-0.2, -0.15) is 0 Å². The third kappa shape index (κ3) is 1.02. The summed E-state index contributed by atoms with van der Waals surface area (Å²) < 4.78 is 5.99. The first-order valence-corrected chi connectivity index (χ1v) is 5.31. The van der Waals surface area contributed by atoms with Crippen LogP contribution in [0, 0.1) is 5.92 Å². The molecule has 2 atom stereocenters. The summed E-state index contributed by atoms with van der Waals surface area (Å²) >= 11 is 0. The zero-order chi connectivity index (χ0) is 9.54. The SMILES string of the molecule is CC1C=CC=C2C3=C(CCC=C3)OC21. The van der Waals surface area contributed by atoms with Crippen molar-refractivity contribution in [1.29, 1.82) is 0 Å². The molecule has 3 aliphatic rings. The van der Waals surface area contributed by atoms with Crippen LogP contribution < -0.4 is 0 Å². The molecule has 3 rings (SSSR count). The second-order valence-corrected chi connectivity index (χ2v) is 4.18. The summed E-state index contributed by atoms with van der Waals surface area (Å²) in [5, 5.41) is 0. The van der Waals surface area contributed by atoms with Crippen LogP contribution in [-0.2, 0) is 4.74 Å². The first-order chi connectivity index (χ1) is 6.86. The fraction of sp³-hybridized carbons (Fsp3) is 0.385. The minimum absolute atomic E-state index is 0.285. The van der Waals surface area contributed by atoms with Crippen molar-refractivity contribution >= 4 is 0 Å². The van der Waals surface area contributed by atoms with E-state index < -0.39 is 0 Å². The molecular weight excluding hydrogens is 172 g/mol. The second kappa shape index (κ2) is 2.88. The lowest BCUT2D eigenvalue weighted by molar-refractivity contribution is 0.129. The summed E-state index contributed by atoms with van der Waals surface area (Å²) in [7, 11) is 0. The third-order valence-electron chi connectivity index (χ3n) is 3.18. The Hall–Kier alpha value is -1.24. The summed E-state index contributed by atoms with van der Waals surface area (Å²) in [6, 6.07) is 0. The maximum absolute atomic E-state index is 5.99.